The second-order valence-electron chi connectivity index (χ2n) is 3.48. The molecule has 5 heteroatoms. The van der Waals surface area contributed by atoms with Gasteiger partial charge in [0, 0.05) is 17.5 Å². The zero-order chi connectivity index (χ0) is 12.3. The van der Waals surface area contributed by atoms with Gasteiger partial charge in [-0.1, -0.05) is 24.3 Å². The summed E-state index contributed by atoms with van der Waals surface area (Å²) >= 11 is 1.40. The predicted molar refractivity (Wildman–Crippen MR) is 65.9 cm³/mol. The van der Waals surface area contributed by atoms with Crippen molar-refractivity contribution in [2.75, 3.05) is 0 Å². The van der Waals surface area contributed by atoms with E-state index >= 15 is 0 Å². The maximum absolute atomic E-state index is 13.4. The summed E-state index contributed by atoms with van der Waals surface area (Å²) in [6, 6.07) is 4.66. The van der Waals surface area contributed by atoms with Crippen LogP contribution in [0.4, 0.5) is 4.39 Å². The van der Waals surface area contributed by atoms with Gasteiger partial charge in [-0.15, -0.1) is 0 Å². The van der Waals surface area contributed by atoms with Crippen LogP contribution in [-0.4, -0.2) is 4.98 Å². The first-order valence-corrected chi connectivity index (χ1v) is 6.22. The molecule has 2 rings (SSSR count). The van der Waals surface area contributed by atoms with Gasteiger partial charge in [0.05, 0.1) is 5.69 Å². The van der Waals surface area contributed by atoms with E-state index in [-0.39, 0.29) is 12.4 Å². The number of hydrogen-bond donors (Lipinski definition) is 1. The zero-order valence-electron chi connectivity index (χ0n) is 9.44. The first-order valence-electron chi connectivity index (χ1n) is 5.34. The summed E-state index contributed by atoms with van der Waals surface area (Å²) in [6.07, 6.45) is 0.854. The van der Waals surface area contributed by atoms with Crippen molar-refractivity contribution in [3.63, 3.8) is 0 Å². The van der Waals surface area contributed by atoms with Crippen molar-refractivity contribution in [2.45, 2.75) is 19.9 Å². The smallest absolute Gasteiger partial charge is 0.278 e. The molecule has 0 radical (unpaired) electrons. The minimum Gasteiger partial charge on any atom is -0.430 e. The molecule has 3 nitrogen and oxygen atoms in total. The van der Waals surface area contributed by atoms with Crippen molar-refractivity contribution < 1.29 is 9.13 Å². The van der Waals surface area contributed by atoms with Gasteiger partial charge in [-0.2, -0.15) is 0 Å². The lowest BCUT2D eigenvalue weighted by atomic mass is 10.2. The first-order chi connectivity index (χ1) is 8.24. The van der Waals surface area contributed by atoms with Crippen LogP contribution in [0.1, 0.15) is 18.2 Å². The van der Waals surface area contributed by atoms with Crippen LogP contribution in [-0.2, 0) is 13.0 Å². The Morgan fingerprint density at radius 2 is 2.29 bits per heavy atom. The Kier molecular flexibility index (Phi) is 3.71. The van der Waals surface area contributed by atoms with E-state index in [0.717, 1.165) is 12.1 Å². The summed E-state index contributed by atoms with van der Waals surface area (Å²) in [5.74, 6) is 0.0850. The third-order valence-electron chi connectivity index (χ3n) is 2.37. The van der Waals surface area contributed by atoms with Crippen molar-refractivity contribution >= 4 is 11.3 Å². The molecule has 0 fully saturated rings. The molecule has 1 aromatic carbocycles. The number of hydrogen-bond acceptors (Lipinski definition) is 4. The van der Waals surface area contributed by atoms with Crippen LogP contribution in [0.25, 0.3) is 0 Å². The van der Waals surface area contributed by atoms with Gasteiger partial charge in [0.25, 0.3) is 5.19 Å². The number of ether oxygens (including phenoxy) is 1. The van der Waals surface area contributed by atoms with E-state index in [1.165, 1.54) is 17.4 Å². The second-order valence-corrected chi connectivity index (χ2v) is 4.30. The van der Waals surface area contributed by atoms with Crippen molar-refractivity contribution in [1.82, 2.24) is 4.98 Å². The van der Waals surface area contributed by atoms with Crippen molar-refractivity contribution in [1.29, 1.82) is 0 Å². The van der Waals surface area contributed by atoms with Crippen LogP contribution in [0.15, 0.2) is 23.6 Å². The quantitative estimate of drug-likeness (QED) is 0.909. The van der Waals surface area contributed by atoms with Gasteiger partial charge in [-0.05, 0) is 18.6 Å². The molecule has 2 N–H and O–H groups in total. The molecule has 0 atom stereocenters. The Morgan fingerprint density at radius 1 is 1.47 bits per heavy atom. The Labute approximate surface area is 103 Å². The number of aryl methyl sites for hydroxylation is 1. The molecule has 0 unspecified atom stereocenters. The number of aromatic nitrogens is 1. The fourth-order valence-electron chi connectivity index (χ4n) is 1.42. The summed E-state index contributed by atoms with van der Waals surface area (Å²) in [6.45, 7) is 2.13. The van der Waals surface area contributed by atoms with Crippen LogP contribution >= 0.6 is 11.3 Å². The number of benzene rings is 1. The molecule has 0 bridgehead atoms. The maximum Gasteiger partial charge on any atom is 0.278 e. The fourth-order valence-corrected chi connectivity index (χ4v) is 2.19. The Morgan fingerprint density at radius 3 is 2.94 bits per heavy atom. The second kappa shape index (κ2) is 5.25. The van der Waals surface area contributed by atoms with E-state index in [9.17, 15) is 4.39 Å². The minimum absolute atomic E-state index is 0.105. The molecular formula is C12H13FN2OS. The lowest BCUT2D eigenvalue weighted by molar-refractivity contribution is 0.463. The normalized spacial score (nSPS) is 10.5. The van der Waals surface area contributed by atoms with Crippen LogP contribution in [0.3, 0.4) is 0 Å². The molecule has 0 saturated heterocycles. The van der Waals surface area contributed by atoms with Gasteiger partial charge >= 0.3 is 0 Å². The summed E-state index contributed by atoms with van der Waals surface area (Å²) < 4.78 is 19.0. The third-order valence-corrected chi connectivity index (χ3v) is 3.14. The Balaban J connectivity index is 2.26. The summed E-state index contributed by atoms with van der Waals surface area (Å²) in [5.41, 5.74) is 6.84. The van der Waals surface area contributed by atoms with Crippen LogP contribution in [0.5, 0.6) is 10.9 Å². The first kappa shape index (κ1) is 12.0. The number of nitrogens with zero attached hydrogens (tertiary/aromatic N) is 1. The molecule has 0 spiro atoms. The molecule has 0 saturated carbocycles. The molecule has 0 aliphatic rings. The maximum atomic E-state index is 13.4. The molecule has 90 valence electrons. The van der Waals surface area contributed by atoms with Gasteiger partial charge in [0.1, 0.15) is 11.6 Å². The molecule has 2 aromatic rings. The highest BCUT2D eigenvalue weighted by atomic mass is 32.1. The van der Waals surface area contributed by atoms with Crippen LogP contribution in [0.2, 0.25) is 0 Å². The van der Waals surface area contributed by atoms with Crippen molar-refractivity contribution in [3.05, 3.63) is 40.7 Å². The van der Waals surface area contributed by atoms with Crippen LogP contribution < -0.4 is 10.5 Å². The molecule has 0 aliphatic carbocycles. The monoisotopic (exact) mass is 252 g/mol. The Hall–Kier alpha value is -1.46. The number of halogens is 1. The van der Waals surface area contributed by atoms with E-state index in [1.54, 1.807) is 12.1 Å². The number of rotatable bonds is 4. The number of thiazole rings is 1. The van der Waals surface area contributed by atoms with Crippen molar-refractivity contribution in [2.24, 2.45) is 5.73 Å². The molecule has 1 aromatic heterocycles. The van der Waals surface area contributed by atoms with E-state index in [1.807, 2.05) is 12.3 Å². The van der Waals surface area contributed by atoms with Gasteiger partial charge in [0.15, 0.2) is 0 Å². The van der Waals surface area contributed by atoms with Gasteiger partial charge in [-0.3, -0.25) is 0 Å². The lowest BCUT2D eigenvalue weighted by Gasteiger charge is -2.07. The Bertz CT molecular complexity index is 513. The minimum atomic E-state index is -0.350. The third kappa shape index (κ3) is 2.62. The summed E-state index contributed by atoms with van der Waals surface area (Å²) in [7, 11) is 0. The highest BCUT2D eigenvalue weighted by Crippen LogP contribution is 2.29. The molecular weight excluding hydrogens is 239 g/mol. The molecule has 17 heavy (non-hydrogen) atoms. The van der Waals surface area contributed by atoms with E-state index in [0.29, 0.717) is 16.5 Å². The highest BCUT2D eigenvalue weighted by Gasteiger charge is 2.10. The molecule has 0 aliphatic heterocycles. The lowest BCUT2D eigenvalue weighted by Crippen LogP contribution is -2.02. The topological polar surface area (TPSA) is 48.1 Å². The molecule has 1 heterocycles. The summed E-state index contributed by atoms with van der Waals surface area (Å²) in [5, 5.41) is 2.44. The van der Waals surface area contributed by atoms with Crippen LogP contribution in [0, 0.1) is 5.82 Å². The van der Waals surface area contributed by atoms with E-state index < -0.39 is 0 Å². The van der Waals surface area contributed by atoms with Gasteiger partial charge in [-0.25, -0.2) is 9.37 Å². The molecule has 0 amide bonds. The van der Waals surface area contributed by atoms with E-state index in [4.69, 9.17) is 10.5 Å². The average molecular weight is 252 g/mol. The standard InChI is InChI=1S/C12H13FN2OS/c1-2-8-7-17-12(15-8)16-11-5-3-4-10(13)9(11)6-14/h3-5,7H,2,6,14H2,1H3. The summed E-state index contributed by atoms with van der Waals surface area (Å²) in [4.78, 5) is 4.26. The SMILES string of the molecule is CCc1csc(Oc2cccc(F)c2CN)n1. The number of nitrogens with two attached hydrogens (primary N) is 1. The van der Waals surface area contributed by atoms with E-state index in [2.05, 4.69) is 4.98 Å². The zero-order valence-corrected chi connectivity index (χ0v) is 10.3. The largest absolute Gasteiger partial charge is 0.430 e. The average Bonchev–Trinajstić information content (AvgIpc) is 2.77. The van der Waals surface area contributed by atoms with Crippen molar-refractivity contribution in [3.8, 4) is 10.9 Å². The van der Waals surface area contributed by atoms with Gasteiger partial charge < -0.3 is 10.5 Å². The fraction of sp³-hybridized carbons (Fsp3) is 0.250. The van der Waals surface area contributed by atoms with Gasteiger partial charge in [0.2, 0.25) is 0 Å². The highest BCUT2D eigenvalue weighted by molar-refractivity contribution is 7.11. The predicted octanol–water partition coefficient (Wildman–Crippen LogP) is 3.10.